The molecule has 0 aromatic heterocycles. The number of benzene rings is 1. The van der Waals surface area contributed by atoms with Crippen molar-refractivity contribution in [1.29, 1.82) is 0 Å². The minimum atomic E-state index is -0.547. The lowest BCUT2D eigenvalue weighted by Gasteiger charge is -2.33. The Balaban J connectivity index is 1.47. The molecule has 2 amide bonds. The fourth-order valence-corrected chi connectivity index (χ4v) is 3.28. The van der Waals surface area contributed by atoms with E-state index in [1.807, 2.05) is 24.3 Å². The van der Waals surface area contributed by atoms with Crippen molar-refractivity contribution >= 4 is 11.7 Å². The fourth-order valence-electron chi connectivity index (χ4n) is 3.28. The highest BCUT2D eigenvalue weighted by Gasteiger charge is 2.29. The molecule has 24 heavy (non-hydrogen) atoms. The Labute approximate surface area is 144 Å². The third-order valence-corrected chi connectivity index (χ3v) is 5.10. The van der Waals surface area contributed by atoms with Crippen LogP contribution in [0.25, 0.3) is 0 Å². The molecular weight excluding hydrogens is 302 g/mol. The molecule has 2 aliphatic carbocycles. The zero-order valence-corrected chi connectivity index (χ0v) is 14.5. The molecule has 2 aliphatic rings. The van der Waals surface area contributed by atoms with E-state index in [1.165, 1.54) is 6.42 Å². The molecule has 0 saturated heterocycles. The van der Waals surface area contributed by atoms with Crippen LogP contribution in [0.1, 0.15) is 63.5 Å². The van der Waals surface area contributed by atoms with E-state index < -0.39 is 5.60 Å². The van der Waals surface area contributed by atoms with Crippen molar-refractivity contribution in [3.05, 3.63) is 29.8 Å². The van der Waals surface area contributed by atoms with E-state index in [9.17, 15) is 9.90 Å². The number of anilines is 1. The molecule has 5 heteroatoms. The molecule has 4 N–H and O–H groups in total. The highest BCUT2D eigenvalue weighted by Crippen LogP contribution is 2.28. The van der Waals surface area contributed by atoms with Gasteiger partial charge in [-0.1, -0.05) is 31.4 Å². The van der Waals surface area contributed by atoms with E-state index in [2.05, 4.69) is 22.9 Å². The Morgan fingerprint density at radius 3 is 2.50 bits per heavy atom. The highest BCUT2D eigenvalue weighted by molar-refractivity contribution is 5.89. The van der Waals surface area contributed by atoms with Crippen LogP contribution in [-0.2, 0) is 0 Å². The Morgan fingerprint density at radius 2 is 1.88 bits per heavy atom. The highest BCUT2D eigenvalue weighted by atomic mass is 16.3. The van der Waals surface area contributed by atoms with Crippen molar-refractivity contribution in [3.63, 3.8) is 0 Å². The Kier molecular flexibility index (Phi) is 5.41. The maximum Gasteiger partial charge on any atom is 0.319 e. The number of hydrogen-bond acceptors (Lipinski definition) is 3. The molecule has 3 rings (SSSR count). The van der Waals surface area contributed by atoms with Crippen molar-refractivity contribution in [2.45, 2.75) is 69.6 Å². The fraction of sp³-hybridized carbons (Fsp3) is 0.632. The van der Waals surface area contributed by atoms with Crippen molar-refractivity contribution in [2.24, 2.45) is 0 Å². The Hall–Kier alpha value is -1.59. The molecule has 0 bridgehead atoms. The van der Waals surface area contributed by atoms with Gasteiger partial charge in [-0.25, -0.2) is 4.79 Å². The van der Waals surface area contributed by atoms with Gasteiger partial charge in [0, 0.05) is 24.3 Å². The number of nitrogens with one attached hydrogen (secondary N) is 3. The summed E-state index contributed by atoms with van der Waals surface area (Å²) in [7, 11) is 0. The van der Waals surface area contributed by atoms with Crippen LogP contribution in [0.5, 0.6) is 0 Å². The molecule has 0 spiro atoms. The summed E-state index contributed by atoms with van der Waals surface area (Å²) < 4.78 is 0. The Morgan fingerprint density at radius 1 is 1.21 bits per heavy atom. The van der Waals surface area contributed by atoms with Crippen molar-refractivity contribution in [1.82, 2.24) is 10.6 Å². The first kappa shape index (κ1) is 17.2. The number of rotatable bonds is 6. The van der Waals surface area contributed by atoms with Crippen molar-refractivity contribution < 1.29 is 9.90 Å². The molecule has 0 radical (unpaired) electrons. The molecule has 1 aromatic rings. The van der Waals surface area contributed by atoms with Gasteiger partial charge in [0.2, 0.25) is 0 Å². The average Bonchev–Trinajstić information content (AvgIpc) is 3.38. The number of urea groups is 1. The molecule has 1 unspecified atom stereocenters. The molecular formula is C19H29N3O2. The summed E-state index contributed by atoms with van der Waals surface area (Å²) in [6, 6.07) is 8.30. The van der Waals surface area contributed by atoms with Gasteiger partial charge in [0.25, 0.3) is 0 Å². The summed E-state index contributed by atoms with van der Waals surface area (Å²) in [5.41, 5.74) is 1.41. The van der Waals surface area contributed by atoms with Crippen LogP contribution < -0.4 is 16.0 Å². The van der Waals surface area contributed by atoms with E-state index in [4.69, 9.17) is 0 Å². The van der Waals surface area contributed by atoms with E-state index in [-0.39, 0.29) is 12.1 Å². The number of carbonyl (C=O) groups is 1. The van der Waals surface area contributed by atoms with Crippen LogP contribution in [0.4, 0.5) is 10.5 Å². The summed E-state index contributed by atoms with van der Waals surface area (Å²) in [4.78, 5) is 11.7. The molecule has 0 heterocycles. The zero-order valence-electron chi connectivity index (χ0n) is 14.5. The molecule has 5 nitrogen and oxygen atoms in total. The SMILES string of the molecule is CC(NCC1(O)CCCCC1)c1ccc(NC(=O)NC2CC2)cc1. The molecule has 2 fully saturated rings. The maximum atomic E-state index is 11.7. The summed E-state index contributed by atoms with van der Waals surface area (Å²) in [5, 5.41) is 19.8. The van der Waals surface area contributed by atoms with Crippen LogP contribution in [-0.4, -0.2) is 29.3 Å². The van der Waals surface area contributed by atoms with E-state index in [0.717, 1.165) is 49.8 Å². The first-order valence-electron chi connectivity index (χ1n) is 9.17. The lowest BCUT2D eigenvalue weighted by Crippen LogP contribution is -2.42. The van der Waals surface area contributed by atoms with Gasteiger partial charge in [0.05, 0.1) is 5.60 Å². The normalized spacial score (nSPS) is 21.1. The predicted molar refractivity (Wildman–Crippen MR) is 96.1 cm³/mol. The molecule has 132 valence electrons. The molecule has 2 saturated carbocycles. The van der Waals surface area contributed by atoms with Gasteiger partial charge in [-0.2, -0.15) is 0 Å². The van der Waals surface area contributed by atoms with Crippen LogP contribution >= 0.6 is 0 Å². The topological polar surface area (TPSA) is 73.4 Å². The van der Waals surface area contributed by atoms with Crippen molar-refractivity contribution in [3.8, 4) is 0 Å². The number of carbonyl (C=O) groups excluding carboxylic acids is 1. The summed E-state index contributed by atoms with van der Waals surface area (Å²) >= 11 is 0. The second-order valence-corrected chi connectivity index (χ2v) is 7.38. The van der Waals surface area contributed by atoms with Gasteiger partial charge in [0.15, 0.2) is 0 Å². The predicted octanol–water partition coefficient (Wildman–Crippen LogP) is 3.32. The molecule has 1 aromatic carbocycles. The van der Waals surface area contributed by atoms with Crippen LogP contribution in [0.3, 0.4) is 0 Å². The zero-order chi connectivity index (χ0) is 17.0. The van der Waals surface area contributed by atoms with Crippen LogP contribution in [0.15, 0.2) is 24.3 Å². The maximum absolute atomic E-state index is 11.7. The Bertz CT molecular complexity index is 548. The first-order chi connectivity index (χ1) is 11.5. The summed E-state index contributed by atoms with van der Waals surface area (Å²) in [5.74, 6) is 0. The van der Waals surface area contributed by atoms with Gasteiger partial charge < -0.3 is 21.1 Å². The van der Waals surface area contributed by atoms with Gasteiger partial charge in [0.1, 0.15) is 0 Å². The van der Waals surface area contributed by atoms with Gasteiger partial charge in [-0.05, 0) is 50.3 Å². The summed E-state index contributed by atoms with van der Waals surface area (Å²) in [6.45, 7) is 2.74. The molecule has 0 aliphatic heterocycles. The number of aliphatic hydroxyl groups is 1. The minimum absolute atomic E-state index is 0.129. The smallest absolute Gasteiger partial charge is 0.319 e. The van der Waals surface area contributed by atoms with E-state index in [0.29, 0.717) is 12.6 Å². The monoisotopic (exact) mass is 331 g/mol. The van der Waals surface area contributed by atoms with E-state index >= 15 is 0 Å². The van der Waals surface area contributed by atoms with Crippen LogP contribution in [0.2, 0.25) is 0 Å². The summed E-state index contributed by atoms with van der Waals surface area (Å²) in [6.07, 6.45) is 7.44. The lowest BCUT2D eigenvalue weighted by molar-refractivity contribution is 0.00300. The van der Waals surface area contributed by atoms with Gasteiger partial charge in [-0.15, -0.1) is 0 Å². The molecule has 1 atom stereocenters. The van der Waals surface area contributed by atoms with Crippen LogP contribution in [0, 0.1) is 0 Å². The van der Waals surface area contributed by atoms with Crippen molar-refractivity contribution in [2.75, 3.05) is 11.9 Å². The van der Waals surface area contributed by atoms with Gasteiger partial charge >= 0.3 is 6.03 Å². The van der Waals surface area contributed by atoms with Gasteiger partial charge in [-0.3, -0.25) is 0 Å². The quantitative estimate of drug-likeness (QED) is 0.646. The average molecular weight is 331 g/mol. The number of hydrogen-bond donors (Lipinski definition) is 4. The number of amides is 2. The van der Waals surface area contributed by atoms with E-state index in [1.54, 1.807) is 0 Å². The second-order valence-electron chi connectivity index (χ2n) is 7.38. The minimum Gasteiger partial charge on any atom is -0.389 e. The second kappa shape index (κ2) is 7.53. The lowest BCUT2D eigenvalue weighted by atomic mass is 9.84. The third kappa shape index (κ3) is 4.95. The largest absolute Gasteiger partial charge is 0.389 e. The standard InChI is InChI=1S/C19H29N3O2/c1-14(20-13-19(24)11-3-2-4-12-19)15-5-7-16(8-6-15)21-18(23)22-17-9-10-17/h5-8,14,17,20,24H,2-4,9-13H2,1H3,(H2,21,22,23). The third-order valence-electron chi connectivity index (χ3n) is 5.10. The first-order valence-corrected chi connectivity index (χ1v) is 9.17.